The van der Waals surface area contributed by atoms with Crippen molar-refractivity contribution in [2.75, 3.05) is 19.1 Å². The highest BCUT2D eigenvalue weighted by atomic mass is 32.2. The maximum Gasteiger partial charge on any atom is 0.0683 e. The molecule has 0 saturated carbocycles. The van der Waals surface area contributed by atoms with Gasteiger partial charge in [-0.25, -0.2) is 0 Å². The molecular formula is C16H19NS2. The Balaban J connectivity index is 2.01. The fraction of sp³-hybridized carbons (Fsp3) is 0.312. The van der Waals surface area contributed by atoms with Crippen molar-refractivity contribution in [3.05, 3.63) is 48.0 Å². The van der Waals surface area contributed by atoms with Crippen LogP contribution in [0.1, 0.15) is 12.0 Å². The third-order valence-corrected chi connectivity index (χ3v) is 4.80. The summed E-state index contributed by atoms with van der Waals surface area (Å²) in [5.74, 6) is 2.16. The molecule has 0 aromatic heterocycles. The molecule has 0 aliphatic heterocycles. The lowest BCUT2D eigenvalue weighted by Crippen LogP contribution is -1.95. The lowest BCUT2D eigenvalue weighted by molar-refractivity contribution is 1.30. The second kappa shape index (κ2) is 7.61. The quantitative estimate of drug-likeness (QED) is 0.576. The molecule has 0 aliphatic rings. The van der Waals surface area contributed by atoms with Crippen molar-refractivity contribution in [1.29, 1.82) is 0 Å². The van der Waals surface area contributed by atoms with Crippen molar-refractivity contribution in [3.63, 3.8) is 0 Å². The van der Waals surface area contributed by atoms with Crippen LogP contribution in [-0.2, 0) is 5.75 Å². The Morgan fingerprint density at radius 3 is 2.63 bits per heavy atom. The molecule has 0 unspecified atom stereocenters. The highest BCUT2D eigenvalue weighted by Crippen LogP contribution is 2.21. The van der Waals surface area contributed by atoms with Gasteiger partial charge in [0.15, 0.2) is 0 Å². The first-order valence-corrected chi connectivity index (χ1v) is 8.76. The first-order chi connectivity index (χ1) is 9.33. The summed E-state index contributed by atoms with van der Waals surface area (Å²) < 4.78 is 0. The maximum absolute atomic E-state index is 4.37. The predicted octanol–water partition coefficient (Wildman–Crippen LogP) is 4.85. The van der Waals surface area contributed by atoms with Crippen LogP contribution in [0.4, 0.5) is 0 Å². The van der Waals surface area contributed by atoms with E-state index in [9.17, 15) is 0 Å². The zero-order valence-electron chi connectivity index (χ0n) is 11.4. The molecule has 0 atom stereocenters. The smallest absolute Gasteiger partial charge is 0.0683 e. The summed E-state index contributed by atoms with van der Waals surface area (Å²) in [6.07, 6.45) is 3.22. The second-order valence-corrected chi connectivity index (χ2v) is 6.36. The highest BCUT2D eigenvalue weighted by Gasteiger charge is 2.02. The summed E-state index contributed by atoms with van der Waals surface area (Å²) in [7, 11) is 1.89. The first-order valence-electron chi connectivity index (χ1n) is 6.38. The molecule has 2 rings (SSSR count). The fourth-order valence-electron chi connectivity index (χ4n) is 1.93. The molecule has 0 saturated heterocycles. The molecule has 19 heavy (non-hydrogen) atoms. The third-order valence-electron chi connectivity index (χ3n) is 2.99. The number of aliphatic imine (C=N–C) groups is 1. The van der Waals surface area contributed by atoms with E-state index >= 15 is 0 Å². The van der Waals surface area contributed by atoms with E-state index < -0.39 is 0 Å². The van der Waals surface area contributed by atoms with Gasteiger partial charge in [-0.1, -0.05) is 42.5 Å². The molecule has 3 heteroatoms. The molecule has 2 aromatic rings. The number of rotatable bonds is 5. The van der Waals surface area contributed by atoms with Crippen molar-refractivity contribution in [2.24, 2.45) is 4.99 Å². The van der Waals surface area contributed by atoms with E-state index in [1.807, 2.05) is 30.6 Å². The highest BCUT2D eigenvalue weighted by molar-refractivity contribution is 8.13. The summed E-state index contributed by atoms with van der Waals surface area (Å²) in [4.78, 5) is 4.37. The van der Waals surface area contributed by atoms with Gasteiger partial charge in [0.2, 0.25) is 0 Å². The van der Waals surface area contributed by atoms with Crippen LogP contribution in [0.15, 0.2) is 47.5 Å². The van der Waals surface area contributed by atoms with Crippen LogP contribution in [0.2, 0.25) is 0 Å². The van der Waals surface area contributed by atoms with Gasteiger partial charge in [0.05, 0.1) is 5.04 Å². The summed E-state index contributed by atoms with van der Waals surface area (Å²) in [6, 6.07) is 15.2. The molecule has 0 amide bonds. The van der Waals surface area contributed by atoms with Gasteiger partial charge in [-0.3, -0.25) is 4.99 Å². The summed E-state index contributed by atoms with van der Waals surface area (Å²) in [5.41, 5.74) is 1.37. The third kappa shape index (κ3) is 4.29. The standard InChI is InChI=1S/C16H19NS2/c1-17-16(9-10-18-2)19-12-13-7-8-14-5-3-4-6-15(14)11-13/h3-8,11H,9-10,12H2,1-2H3. The average molecular weight is 289 g/mol. The zero-order valence-corrected chi connectivity index (χ0v) is 13.1. The number of fused-ring (bicyclic) bond motifs is 1. The van der Waals surface area contributed by atoms with Crippen LogP contribution in [0.25, 0.3) is 10.8 Å². The van der Waals surface area contributed by atoms with Gasteiger partial charge in [-0.05, 0) is 28.3 Å². The van der Waals surface area contributed by atoms with Crippen LogP contribution >= 0.6 is 23.5 Å². The molecule has 100 valence electrons. The van der Waals surface area contributed by atoms with Crippen LogP contribution in [0.3, 0.4) is 0 Å². The molecular weight excluding hydrogens is 270 g/mol. The minimum Gasteiger partial charge on any atom is -0.286 e. The molecule has 0 radical (unpaired) electrons. The van der Waals surface area contributed by atoms with Gasteiger partial charge in [0.25, 0.3) is 0 Å². The number of hydrogen-bond acceptors (Lipinski definition) is 3. The Labute approximate surface area is 123 Å². The van der Waals surface area contributed by atoms with Crippen LogP contribution in [-0.4, -0.2) is 24.1 Å². The molecule has 0 heterocycles. The van der Waals surface area contributed by atoms with Crippen molar-refractivity contribution >= 4 is 39.3 Å². The predicted molar refractivity (Wildman–Crippen MR) is 91.6 cm³/mol. The Kier molecular flexibility index (Phi) is 5.80. The van der Waals surface area contributed by atoms with Gasteiger partial charge in [0, 0.05) is 19.2 Å². The minimum atomic E-state index is 1.01. The van der Waals surface area contributed by atoms with Gasteiger partial charge in [-0.2, -0.15) is 11.8 Å². The average Bonchev–Trinajstić information content (AvgIpc) is 2.47. The Morgan fingerprint density at radius 2 is 1.89 bits per heavy atom. The van der Waals surface area contributed by atoms with Crippen molar-refractivity contribution in [3.8, 4) is 0 Å². The van der Waals surface area contributed by atoms with Crippen molar-refractivity contribution in [2.45, 2.75) is 12.2 Å². The van der Waals surface area contributed by atoms with Crippen LogP contribution in [0, 0.1) is 0 Å². The van der Waals surface area contributed by atoms with Crippen molar-refractivity contribution < 1.29 is 0 Å². The number of benzene rings is 2. The molecule has 2 aromatic carbocycles. The van der Waals surface area contributed by atoms with Crippen LogP contribution < -0.4 is 0 Å². The number of thioether (sulfide) groups is 2. The second-order valence-electron chi connectivity index (χ2n) is 4.33. The van der Waals surface area contributed by atoms with E-state index in [1.54, 1.807) is 0 Å². The summed E-state index contributed by atoms with van der Waals surface area (Å²) in [6.45, 7) is 0. The van der Waals surface area contributed by atoms with E-state index in [4.69, 9.17) is 0 Å². The largest absolute Gasteiger partial charge is 0.286 e. The Morgan fingerprint density at radius 1 is 1.11 bits per heavy atom. The monoisotopic (exact) mass is 289 g/mol. The minimum absolute atomic E-state index is 1.01. The maximum atomic E-state index is 4.37. The number of hydrogen-bond donors (Lipinski definition) is 0. The molecule has 0 spiro atoms. The number of nitrogens with zero attached hydrogens (tertiary/aromatic N) is 1. The fourth-order valence-corrected chi connectivity index (χ4v) is 3.35. The van der Waals surface area contributed by atoms with Gasteiger partial charge >= 0.3 is 0 Å². The van der Waals surface area contributed by atoms with Gasteiger partial charge in [0.1, 0.15) is 0 Å². The lowest BCUT2D eigenvalue weighted by atomic mass is 10.1. The summed E-state index contributed by atoms with van der Waals surface area (Å²) >= 11 is 3.73. The first kappa shape index (κ1) is 14.5. The normalized spacial score (nSPS) is 12.0. The molecule has 0 aliphatic carbocycles. The summed E-state index contributed by atoms with van der Waals surface area (Å²) in [5, 5.41) is 3.88. The van der Waals surface area contributed by atoms with E-state index in [0.717, 1.165) is 17.9 Å². The molecule has 1 nitrogen and oxygen atoms in total. The SMILES string of the molecule is CN=C(CCSC)SCc1ccc2ccccc2c1. The van der Waals surface area contributed by atoms with Crippen molar-refractivity contribution in [1.82, 2.24) is 0 Å². The Hall–Kier alpha value is -0.930. The lowest BCUT2D eigenvalue weighted by Gasteiger charge is -2.06. The van der Waals surface area contributed by atoms with Gasteiger partial charge < -0.3 is 0 Å². The van der Waals surface area contributed by atoms with Crippen LogP contribution in [0.5, 0.6) is 0 Å². The molecule has 0 bridgehead atoms. The molecule has 0 fully saturated rings. The van der Waals surface area contributed by atoms with E-state index in [0.29, 0.717) is 0 Å². The van der Waals surface area contributed by atoms with Gasteiger partial charge in [-0.15, -0.1) is 11.8 Å². The molecule has 0 N–H and O–H groups in total. The van der Waals surface area contributed by atoms with E-state index in [1.165, 1.54) is 21.4 Å². The zero-order chi connectivity index (χ0) is 13.5. The topological polar surface area (TPSA) is 12.4 Å². The Bertz CT molecular complexity index is 563. The van der Waals surface area contributed by atoms with E-state index in [2.05, 4.69) is 53.7 Å². The van der Waals surface area contributed by atoms with E-state index in [-0.39, 0.29) is 0 Å².